The number of para-hydroxylation sites is 1. The van der Waals surface area contributed by atoms with Crippen LogP contribution < -0.4 is 4.74 Å². The molecule has 138 valence electrons. The number of rotatable bonds is 7. The van der Waals surface area contributed by atoms with E-state index in [0.29, 0.717) is 13.1 Å². The zero-order valence-corrected chi connectivity index (χ0v) is 15.8. The third-order valence-electron chi connectivity index (χ3n) is 4.49. The van der Waals surface area contributed by atoms with Gasteiger partial charge in [-0.1, -0.05) is 78.9 Å². The Hall–Kier alpha value is -3.07. The summed E-state index contributed by atoms with van der Waals surface area (Å²) in [5.41, 5.74) is 3.23. The minimum Gasteiger partial charge on any atom is -0.481 e. The van der Waals surface area contributed by atoms with Gasteiger partial charge in [0.15, 0.2) is 6.10 Å². The second-order valence-corrected chi connectivity index (χ2v) is 6.69. The number of aryl methyl sites for hydroxylation is 1. The van der Waals surface area contributed by atoms with Crippen molar-refractivity contribution in [1.29, 1.82) is 0 Å². The molecule has 0 heterocycles. The van der Waals surface area contributed by atoms with Crippen molar-refractivity contribution in [3.63, 3.8) is 0 Å². The second kappa shape index (κ2) is 9.04. The normalized spacial score (nSPS) is 11.6. The highest BCUT2D eigenvalue weighted by Crippen LogP contribution is 2.19. The fourth-order valence-electron chi connectivity index (χ4n) is 3.01. The molecule has 0 saturated heterocycles. The van der Waals surface area contributed by atoms with Crippen molar-refractivity contribution in [3.8, 4) is 5.75 Å². The maximum atomic E-state index is 13.2. The number of amides is 1. The van der Waals surface area contributed by atoms with Crippen molar-refractivity contribution >= 4 is 5.91 Å². The van der Waals surface area contributed by atoms with Crippen LogP contribution in [-0.2, 0) is 17.9 Å². The summed E-state index contributed by atoms with van der Waals surface area (Å²) in [7, 11) is 0. The molecule has 0 bridgehead atoms. The molecule has 3 rings (SSSR count). The van der Waals surface area contributed by atoms with Gasteiger partial charge in [0.1, 0.15) is 5.75 Å². The SMILES string of the molecule is Cc1ccccc1O[C@@H](C)C(=O)N(Cc1ccccc1)Cc1ccccc1. The Morgan fingerprint density at radius 2 is 1.30 bits per heavy atom. The minimum atomic E-state index is -0.557. The van der Waals surface area contributed by atoms with E-state index in [2.05, 4.69) is 0 Å². The summed E-state index contributed by atoms with van der Waals surface area (Å²) in [6, 6.07) is 27.9. The van der Waals surface area contributed by atoms with E-state index in [-0.39, 0.29) is 5.91 Å². The molecule has 3 nitrogen and oxygen atoms in total. The van der Waals surface area contributed by atoms with Crippen LogP contribution >= 0.6 is 0 Å². The lowest BCUT2D eigenvalue weighted by Gasteiger charge is -2.27. The zero-order valence-electron chi connectivity index (χ0n) is 15.8. The molecule has 0 fully saturated rings. The number of carbonyl (C=O) groups is 1. The molecule has 1 atom stereocenters. The molecule has 3 aromatic rings. The summed E-state index contributed by atoms with van der Waals surface area (Å²) in [5, 5.41) is 0. The first-order valence-electron chi connectivity index (χ1n) is 9.22. The summed E-state index contributed by atoms with van der Waals surface area (Å²) < 4.78 is 5.97. The smallest absolute Gasteiger partial charge is 0.263 e. The molecule has 0 radical (unpaired) electrons. The number of hydrogen-bond acceptors (Lipinski definition) is 2. The van der Waals surface area contributed by atoms with E-state index < -0.39 is 6.10 Å². The van der Waals surface area contributed by atoms with Gasteiger partial charge in [-0.05, 0) is 36.6 Å². The Labute approximate surface area is 161 Å². The largest absolute Gasteiger partial charge is 0.481 e. The van der Waals surface area contributed by atoms with Crippen molar-refractivity contribution in [2.75, 3.05) is 0 Å². The molecule has 0 aromatic heterocycles. The van der Waals surface area contributed by atoms with Crippen LogP contribution in [0.3, 0.4) is 0 Å². The van der Waals surface area contributed by atoms with Crippen molar-refractivity contribution in [2.45, 2.75) is 33.0 Å². The predicted molar refractivity (Wildman–Crippen MR) is 108 cm³/mol. The lowest BCUT2D eigenvalue weighted by molar-refractivity contribution is -0.139. The average molecular weight is 359 g/mol. The van der Waals surface area contributed by atoms with Crippen LogP contribution in [0.15, 0.2) is 84.9 Å². The average Bonchev–Trinajstić information content (AvgIpc) is 2.70. The van der Waals surface area contributed by atoms with Crippen LogP contribution in [0, 0.1) is 6.92 Å². The molecule has 3 aromatic carbocycles. The Balaban J connectivity index is 1.77. The van der Waals surface area contributed by atoms with Gasteiger partial charge in [-0.3, -0.25) is 4.79 Å². The van der Waals surface area contributed by atoms with Crippen LogP contribution in [0.25, 0.3) is 0 Å². The number of hydrogen-bond donors (Lipinski definition) is 0. The summed E-state index contributed by atoms with van der Waals surface area (Å²) >= 11 is 0. The maximum Gasteiger partial charge on any atom is 0.263 e. The van der Waals surface area contributed by atoms with Crippen LogP contribution in [0.5, 0.6) is 5.75 Å². The van der Waals surface area contributed by atoms with Gasteiger partial charge >= 0.3 is 0 Å². The van der Waals surface area contributed by atoms with Gasteiger partial charge in [-0.2, -0.15) is 0 Å². The fraction of sp³-hybridized carbons (Fsp3) is 0.208. The first kappa shape index (κ1) is 18.7. The van der Waals surface area contributed by atoms with E-state index in [0.717, 1.165) is 22.4 Å². The Morgan fingerprint density at radius 1 is 0.815 bits per heavy atom. The Kier molecular flexibility index (Phi) is 6.26. The molecule has 3 heteroatoms. The molecule has 0 unspecified atom stereocenters. The highest BCUT2D eigenvalue weighted by atomic mass is 16.5. The van der Waals surface area contributed by atoms with Crippen molar-refractivity contribution in [1.82, 2.24) is 4.90 Å². The number of carbonyl (C=O) groups excluding carboxylic acids is 1. The predicted octanol–water partition coefficient (Wildman–Crippen LogP) is 4.99. The highest BCUT2D eigenvalue weighted by Gasteiger charge is 2.23. The van der Waals surface area contributed by atoms with Gasteiger partial charge in [0.25, 0.3) is 5.91 Å². The van der Waals surface area contributed by atoms with Crippen LogP contribution in [0.2, 0.25) is 0 Å². The van der Waals surface area contributed by atoms with Gasteiger partial charge < -0.3 is 9.64 Å². The molecule has 0 aliphatic heterocycles. The van der Waals surface area contributed by atoms with E-state index in [4.69, 9.17) is 4.74 Å². The third-order valence-corrected chi connectivity index (χ3v) is 4.49. The molecule has 0 aliphatic carbocycles. The lowest BCUT2D eigenvalue weighted by atomic mass is 10.1. The van der Waals surface area contributed by atoms with Crippen molar-refractivity contribution < 1.29 is 9.53 Å². The quantitative estimate of drug-likeness (QED) is 0.595. The van der Waals surface area contributed by atoms with Gasteiger partial charge in [0, 0.05) is 13.1 Å². The molecule has 27 heavy (non-hydrogen) atoms. The standard InChI is InChI=1S/C24H25NO2/c1-19-11-9-10-16-23(19)27-20(2)24(26)25(17-21-12-5-3-6-13-21)18-22-14-7-4-8-15-22/h3-16,20H,17-18H2,1-2H3/t20-/m0/s1. The fourth-order valence-corrected chi connectivity index (χ4v) is 3.01. The van der Waals surface area contributed by atoms with Crippen molar-refractivity contribution in [3.05, 3.63) is 102 Å². The second-order valence-electron chi connectivity index (χ2n) is 6.69. The lowest BCUT2D eigenvalue weighted by Crippen LogP contribution is -2.39. The molecule has 0 spiro atoms. The van der Waals surface area contributed by atoms with E-state index in [1.807, 2.05) is 104 Å². The first-order chi connectivity index (χ1) is 13.1. The number of benzene rings is 3. The minimum absolute atomic E-state index is 0.0223. The van der Waals surface area contributed by atoms with Gasteiger partial charge in [-0.15, -0.1) is 0 Å². The number of nitrogens with zero attached hydrogens (tertiary/aromatic N) is 1. The summed E-state index contributed by atoms with van der Waals surface area (Å²) in [5.74, 6) is 0.726. The van der Waals surface area contributed by atoms with E-state index in [9.17, 15) is 4.79 Å². The van der Waals surface area contributed by atoms with E-state index >= 15 is 0 Å². The maximum absolute atomic E-state index is 13.2. The van der Waals surface area contributed by atoms with Crippen LogP contribution in [0.4, 0.5) is 0 Å². The van der Waals surface area contributed by atoms with Gasteiger partial charge in [0.2, 0.25) is 0 Å². The summed E-state index contributed by atoms with van der Waals surface area (Å²) in [4.78, 5) is 15.0. The number of ether oxygens (including phenoxy) is 1. The topological polar surface area (TPSA) is 29.5 Å². The monoisotopic (exact) mass is 359 g/mol. The molecule has 0 N–H and O–H groups in total. The highest BCUT2D eigenvalue weighted by molar-refractivity contribution is 5.81. The van der Waals surface area contributed by atoms with Crippen LogP contribution in [0.1, 0.15) is 23.6 Å². The van der Waals surface area contributed by atoms with E-state index in [1.54, 1.807) is 0 Å². The Bertz CT molecular complexity index is 820. The first-order valence-corrected chi connectivity index (χ1v) is 9.22. The van der Waals surface area contributed by atoms with Crippen molar-refractivity contribution in [2.24, 2.45) is 0 Å². The van der Waals surface area contributed by atoms with Gasteiger partial charge in [-0.25, -0.2) is 0 Å². The molecule has 1 amide bonds. The molecular weight excluding hydrogens is 334 g/mol. The molecule has 0 aliphatic rings. The van der Waals surface area contributed by atoms with E-state index in [1.165, 1.54) is 0 Å². The summed E-state index contributed by atoms with van der Waals surface area (Å²) in [6.07, 6.45) is -0.557. The zero-order chi connectivity index (χ0) is 19.1. The summed E-state index contributed by atoms with van der Waals surface area (Å²) in [6.45, 7) is 4.90. The van der Waals surface area contributed by atoms with Gasteiger partial charge in [0.05, 0.1) is 0 Å². The molecule has 0 saturated carbocycles. The Morgan fingerprint density at radius 3 is 1.81 bits per heavy atom. The molecular formula is C24H25NO2. The van der Waals surface area contributed by atoms with Crippen LogP contribution in [-0.4, -0.2) is 16.9 Å². The third kappa shape index (κ3) is 5.20.